The van der Waals surface area contributed by atoms with Crippen LogP contribution in [0.25, 0.3) is 0 Å². The van der Waals surface area contributed by atoms with Gasteiger partial charge in [0.15, 0.2) is 5.41 Å². The molecule has 2 aliphatic heterocycles. The molecule has 7 nitrogen and oxygen atoms in total. The highest BCUT2D eigenvalue weighted by atomic mass is 16.7. The van der Waals surface area contributed by atoms with E-state index >= 15 is 0 Å². The maximum absolute atomic E-state index is 10.4. The lowest BCUT2D eigenvalue weighted by Crippen LogP contribution is -2.61. The van der Waals surface area contributed by atoms with Gasteiger partial charge in [-0.15, -0.1) is 0 Å². The Morgan fingerprint density at radius 3 is 2.33 bits per heavy atom. The van der Waals surface area contributed by atoms with E-state index in [0.717, 1.165) is 24.0 Å². The number of benzene rings is 1. The van der Waals surface area contributed by atoms with Gasteiger partial charge in [0.2, 0.25) is 17.1 Å². The lowest BCUT2D eigenvalue weighted by Gasteiger charge is -2.49. The van der Waals surface area contributed by atoms with Crippen molar-refractivity contribution >= 4 is 5.90 Å². The maximum atomic E-state index is 10.4. The molecule has 0 aromatic heterocycles. The molecule has 0 amide bonds. The molecular formula is C26H26N4O3. The molecule has 7 heteroatoms. The number of allylic oxidation sites excluding steroid dienone is 2. The number of nitriles is 3. The highest BCUT2D eigenvalue weighted by Crippen LogP contribution is 2.66. The average Bonchev–Trinajstić information content (AvgIpc) is 3.00. The molecule has 0 spiro atoms. The third-order valence-electron chi connectivity index (χ3n) is 7.64. The summed E-state index contributed by atoms with van der Waals surface area (Å²) >= 11 is 0. The second-order valence-electron chi connectivity index (χ2n) is 9.09. The molecule has 2 fully saturated rings. The standard InChI is InChI=1S/C26H26N4O3/c1-16(2)18-5-7-19(8-6-18)22-24(13-27,14-28)25(15-29)17(3)26(32-22,33-23(25)30)20-9-11-21(31-4)12-10-20/h7,9-12,17-18,22,30H,1,5-6,8H2,2-4H3. The monoisotopic (exact) mass is 442 g/mol. The zero-order valence-electron chi connectivity index (χ0n) is 19.0. The van der Waals surface area contributed by atoms with Gasteiger partial charge >= 0.3 is 0 Å². The molecule has 2 bridgehead atoms. The Balaban J connectivity index is 1.91. The molecule has 4 rings (SSSR count). The second-order valence-corrected chi connectivity index (χ2v) is 9.09. The smallest absolute Gasteiger partial charge is 0.244 e. The van der Waals surface area contributed by atoms with Crippen LogP contribution in [0.3, 0.4) is 0 Å². The minimum absolute atomic E-state index is 0.321. The minimum atomic E-state index is -1.92. The van der Waals surface area contributed by atoms with E-state index in [1.807, 2.05) is 13.0 Å². The molecule has 5 unspecified atom stereocenters. The lowest BCUT2D eigenvalue weighted by molar-refractivity contribution is -0.276. The van der Waals surface area contributed by atoms with Crippen LogP contribution in [0.15, 0.2) is 48.1 Å². The number of fused-ring (bicyclic) bond motifs is 2. The van der Waals surface area contributed by atoms with Gasteiger partial charge in [0.1, 0.15) is 11.9 Å². The van der Waals surface area contributed by atoms with Crippen molar-refractivity contribution in [2.75, 3.05) is 7.11 Å². The van der Waals surface area contributed by atoms with E-state index in [4.69, 9.17) is 19.6 Å². The Labute approximate surface area is 194 Å². The second kappa shape index (κ2) is 7.77. The van der Waals surface area contributed by atoms with E-state index in [0.29, 0.717) is 23.7 Å². The molecule has 0 saturated carbocycles. The highest BCUT2D eigenvalue weighted by Gasteiger charge is 2.79. The lowest BCUT2D eigenvalue weighted by atomic mass is 9.53. The zero-order chi connectivity index (χ0) is 24.0. The minimum Gasteiger partial charge on any atom is -0.497 e. The normalized spacial score (nSPS) is 34.1. The number of ether oxygens (including phenoxy) is 3. The van der Waals surface area contributed by atoms with E-state index < -0.39 is 34.5 Å². The Morgan fingerprint density at radius 2 is 1.85 bits per heavy atom. The Bertz CT molecular complexity index is 1150. The number of nitrogens with zero attached hydrogens (tertiary/aromatic N) is 3. The van der Waals surface area contributed by atoms with Gasteiger partial charge in [0, 0.05) is 5.56 Å². The number of hydrogen-bond donors (Lipinski definition) is 1. The van der Waals surface area contributed by atoms with Crippen LogP contribution in [-0.4, -0.2) is 19.1 Å². The first-order valence-corrected chi connectivity index (χ1v) is 10.9. The van der Waals surface area contributed by atoms with E-state index in [1.165, 1.54) is 0 Å². The van der Waals surface area contributed by atoms with Crippen LogP contribution in [0, 0.1) is 62.1 Å². The van der Waals surface area contributed by atoms with Crippen molar-refractivity contribution in [2.24, 2.45) is 22.7 Å². The zero-order valence-corrected chi connectivity index (χ0v) is 19.0. The molecule has 1 aliphatic carbocycles. The third kappa shape index (κ3) is 2.78. The van der Waals surface area contributed by atoms with Crippen LogP contribution < -0.4 is 4.74 Å². The van der Waals surface area contributed by atoms with Crippen LogP contribution in [-0.2, 0) is 15.3 Å². The first kappa shape index (κ1) is 22.6. The summed E-state index contributed by atoms with van der Waals surface area (Å²) in [7, 11) is 1.56. The van der Waals surface area contributed by atoms with Gasteiger partial charge in [-0.3, -0.25) is 5.41 Å². The van der Waals surface area contributed by atoms with Gasteiger partial charge in [-0.2, -0.15) is 15.8 Å². The Kier molecular flexibility index (Phi) is 5.32. The SMILES string of the molecule is C=C(C)C1CC=C(C2OC3(c4ccc(OC)cc4)OC(=N)C(C#N)(C3C)C2(C#N)C#N)CC1. The van der Waals surface area contributed by atoms with Crippen molar-refractivity contribution in [3.8, 4) is 24.0 Å². The summed E-state index contributed by atoms with van der Waals surface area (Å²) in [5.74, 6) is -1.71. The van der Waals surface area contributed by atoms with Crippen molar-refractivity contribution in [1.82, 2.24) is 0 Å². The maximum Gasteiger partial charge on any atom is 0.244 e. The fourth-order valence-corrected chi connectivity index (χ4v) is 5.57. The summed E-state index contributed by atoms with van der Waals surface area (Å²) in [4.78, 5) is 0. The number of rotatable bonds is 4. The van der Waals surface area contributed by atoms with Crippen molar-refractivity contribution < 1.29 is 14.2 Å². The van der Waals surface area contributed by atoms with Crippen LogP contribution in [0.1, 0.15) is 38.7 Å². The largest absolute Gasteiger partial charge is 0.497 e. The summed E-state index contributed by atoms with van der Waals surface area (Å²) in [6, 6.07) is 13.4. The van der Waals surface area contributed by atoms with Gasteiger partial charge in [-0.25, -0.2) is 0 Å². The van der Waals surface area contributed by atoms with Gasteiger partial charge < -0.3 is 14.2 Å². The first-order valence-electron chi connectivity index (χ1n) is 10.9. The van der Waals surface area contributed by atoms with Gasteiger partial charge in [0.25, 0.3) is 0 Å². The average molecular weight is 443 g/mol. The van der Waals surface area contributed by atoms with Crippen LogP contribution >= 0.6 is 0 Å². The van der Waals surface area contributed by atoms with Gasteiger partial charge in [-0.05, 0) is 61.9 Å². The molecule has 168 valence electrons. The van der Waals surface area contributed by atoms with Crippen molar-refractivity contribution in [3.05, 3.63) is 53.6 Å². The van der Waals surface area contributed by atoms with Crippen LogP contribution in [0.5, 0.6) is 5.75 Å². The summed E-state index contributed by atoms with van der Waals surface area (Å²) in [5.41, 5.74) is -1.23. The Morgan fingerprint density at radius 1 is 1.18 bits per heavy atom. The van der Waals surface area contributed by atoms with E-state index in [-0.39, 0.29) is 0 Å². The van der Waals surface area contributed by atoms with Crippen LogP contribution in [0.2, 0.25) is 0 Å². The molecule has 1 aromatic carbocycles. The summed E-state index contributed by atoms with van der Waals surface area (Å²) < 4.78 is 17.9. The van der Waals surface area contributed by atoms with E-state index in [2.05, 4.69) is 24.8 Å². The number of nitrogens with one attached hydrogen (secondary N) is 1. The van der Waals surface area contributed by atoms with Crippen molar-refractivity contribution in [1.29, 1.82) is 21.2 Å². The molecular weight excluding hydrogens is 416 g/mol. The fraction of sp³-hybridized carbons (Fsp3) is 0.462. The molecule has 2 saturated heterocycles. The highest BCUT2D eigenvalue weighted by molar-refractivity contribution is 5.89. The van der Waals surface area contributed by atoms with E-state index in [9.17, 15) is 15.8 Å². The van der Waals surface area contributed by atoms with Gasteiger partial charge in [0.05, 0.1) is 31.2 Å². The molecule has 0 radical (unpaired) electrons. The van der Waals surface area contributed by atoms with E-state index in [1.54, 1.807) is 38.3 Å². The van der Waals surface area contributed by atoms with Crippen molar-refractivity contribution in [3.63, 3.8) is 0 Å². The number of methoxy groups -OCH3 is 1. The fourth-order valence-electron chi connectivity index (χ4n) is 5.57. The topological polar surface area (TPSA) is 123 Å². The predicted octanol–water partition coefficient (Wildman–Crippen LogP) is 4.74. The van der Waals surface area contributed by atoms with Crippen LogP contribution in [0.4, 0.5) is 0 Å². The molecule has 2 heterocycles. The summed E-state index contributed by atoms with van der Waals surface area (Å²) in [6.45, 7) is 7.76. The molecule has 5 atom stereocenters. The molecule has 3 aliphatic rings. The predicted molar refractivity (Wildman–Crippen MR) is 119 cm³/mol. The summed E-state index contributed by atoms with van der Waals surface area (Å²) in [5, 5.41) is 39.8. The van der Waals surface area contributed by atoms with Crippen molar-refractivity contribution in [2.45, 2.75) is 45.0 Å². The molecule has 33 heavy (non-hydrogen) atoms. The summed E-state index contributed by atoms with van der Waals surface area (Å²) in [6.07, 6.45) is 3.13. The number of hydrogen-bond acceptors (Lipinski definition) is 7. The van der Waals surface area contributed by atoms with Gasteiger partial charge in [-0.1, -0.05) is 25.2 Å². The molecule has 1 N–H and O–H groups in total. The quantitative estimate of drug-likeness (QED) is 0.672. The first-order chi connectivity index (χ1) is 15.8. The third-order valence-corrected chi connectivity index (χ3v) is 7.64. The Hall–Kier alpha value is -3.60. The molecule has 1 aromatic rings.